The molecule has 2 heterocycles. The molecular weight excluding hydrogens is 258 g/mol. The summed E-state index contributed by atoms with van der Waals surface area (Å²) >= 11 is 0. The zero-order valence-corrected chi connectivity index (χ0v) is 12.7. The van der Waals surface area contributed by atoms with Crippen molar-refractivity contribution in [2.45, 2.75) is 33.1 Å². The molecule has 0 radical (unpaired) electrons. The van der Waals surface area contributed by atoms with Gasteiger partial charge in [0.15, 0.2) is 0 Å². The van der Waals surface area contributed by atoms with Gasteiger partial charge >= 0.3 is 0 Å². The number of rotatable bonds is 5. The van der Waals surface area contributed by atoms with Gasteiger partial charge in [0, 0.05) is 23.5 Å². The van der Waals surface area contributed by atoms with Gasteiger partial charge in [-0.3, -0.25) is 4.98 Å². The molecule has 1 aromatic carbocycles. The van der Waals surface area contributed by atoms with Crippen molar-refractivity contribution in [1.29, 1.82) is 0 Å². The molecule has 3 aromatic rings. The molecule has 0 saturated carbocycles. The van der Waals surface area contributed by atoms with Crippen molar-refractivity contribution < 1.29 is 0 Å². The molecule has 3 nitrogen and oxygen atoms in total. The molecule has 21 heavy (non-hydrogen) atoms. The van der Waals surface area contributed by atoms with Gasteiger partial charge in [0.05, 0.1) is 11.0 Å². The molecule has 108 valence electrons. The van der Waals surface area contributed by atoms with Gasteiger partial charge in [-0.1, -0.05) is 26.3 Å². The molecular formula is C18H21N3. The first kappa shape index (κ1) is 13.8. The first-order valence-corrected chi connectivity index (χ1v) is 7.74. The van der Waals surface area contributed by atoms with Crippen LogP contribution in [-0.4, -0.2) is 16.5 Å². The van der Waals surface area contributed by atoms with Crippen molar-refractivity contribution >= 4 is 27.6 Å². The van der Waals surface area contributed by atoms with Crippen LogP contribution in [0.25, 0.3) is 21.8 Å². The first-order chi connectivity index (χ1) is 10.3. The third kappa shape index (κ3) is 2.68. The van der Waals surface area contributed by atoms with Gasteiger partial charge in [-0.2, -0.15) is 0 Å². The van der Waals surface area contributed by atoms with E-state index in [-0.39, 0.29) is 0 Å². The summed E-state index contributed by atoms with van der Waals surface area (Å²) in [5.41, 5.74) is 3.35. The van der Waals surface area contributed by atoms with Crippen LogP contribution in [0.4, 0.5) is 5.82 Å². The number of nitrogens with zero attached hydrogens (tertiary/aromatic N) is 2. The van der Waals surface area contributed by atoms with Gasteiger partial charge < -0.3 is 5.32 Å². The number of hydrogen-bond acceptors (Lipinski definition) is 3. The largest absolute Gasteiger partial charge is 0.370 e. The number of hydrogen-bond donors (Lipinski definition) is 1. The van der Waals surface area contributed by atoms with Crippen LogP contribution < -0.4 is 5.32 Å². The molecule has 0 spiro atoms. The summed E-state index contributed by atoms with van der Waals surface area (Å²) < 4.78 is 0. The highest BCUT2D eigenvalue weighted by Gasteiger charge is 2.09. The molecule has 0 aliphatic rings. The summed E-state index contributed by atoms with van der Waals surface area (Å²) in [6.07, 6.45) is 5.11. The summed E-state index contributed by atoms with van der Waals surface area (Å²) in [6, 6.07) is 10.5. The number of anilines is 1. The van der Waals surface area contributed by atoms with E-state index in [1.165, 1.54) is 10.9 Å². The Kier molecular flexibility index (Phi) is 4.00. The average molecular weight is 279 g/mol. The van der Waals surface area contributed by atoms with Crippen LogP contribution in [0.3, 0.4) is 0 Å². The van der Waals surface area contributed by atoms with Crippen LogP contribution in [0.1, 0.15) is 32.3 Å². The standard InChI is InChI=1S/C18H21N3/c1-3-6-14-12-13-8-9-16-15(7-5-11-19-16)17(13)21-18(14)20-10-4-2/h5,7-9,11-12H,3-4,6,10H2,1-2H3,(H,20,21). The van der Waals surface area contributed by atoms with E-state index in [1.54, 1.807) is 0 Å². The van der Waals surface area contributed by atoms with Gasteiger partial charge in [-0.15, -0.1) is 0 Å². The Balaban J connectivity index is 2.21. The SMILES string of the molecule is CCCNc1nc2c(ccc3ncccc32)cc1CCC. The Hall–Kier alpha value is -2.16. The second kappa shape index (κ2) is 6.08. The summed E-state index contributed by atoms with van der Waals surface area (Å²) in [4.78, 5) is 9.33. The van der Waals surface area contributed by atoms with E-state index in [9.17, 15) is 0 Å². The predicted molar refractivity (Wildman–Crippen MR) is 89.8 cm³/mol. The Bertz CT molecular complexity index is 765. The molecule has 0 unspecified atom stereocenters. The topological polar surface area (TPSA) is 37.8 Å². The normalized spacial score (nSPS) is 11.1. The second-order valence-corrected chi connectivity index (χ2v) is 5.38. The van der Waals surface area contributed by atoms with Gasteiger partial charge in [0.2, 0.25) is 0 Å². The van der Waals surface area contributed by atoms with Gasteiger partial charge in [0.25, 0.3) is 0 Å². The zero-order chi connectivity index (χ0) is 14.7. The lowest BCUT2D eigenvalue weighted by Gasteiger charge is -2.12. The Morgan fingerprint density at radius 3 is 2.81 bits per heavy atom. The minimum absolute atomic E-state index is 0.957. The van der Waals surface area contributed by atoms with Crippen LogP contribution in [0, 0.1) is 0 Å². The van der Waals surface area contributed by atoms with Crippen LogP contribution in [-0.2, 0) is 6.42 Å². The van der Waals surface area contributed by atoms with E-state index in [0.29, 0.717) is 0 Å². The number of aryl methyl sites for hydroxylation is 1. The minimum atomic E-state index is 0.957. The lowest BCUT2D eigenvalue weighted by atomic mass is 10.1. The van der Waals surface area contributed by atoms with Crippen molar-refractivity contribution in [3.63, 3.8) is 0 Å². The van der Waals surface area contributed by atoms with Crippen LogP contribution in [0.5, 0.6) is 0 Å². The van der Waals surface area contributed by atoms with E-state index in [0.717, 1.165) is 48.0 Å². The van der Waals surface area contributed by atoms with E-state index in [2.05, 4.69) is 48.4 Å². The smallest absolute Gasteiger partial charge is 0.129 e. The molecule has 3 rings (SSSR count). The molecule has 2 aromatic heterocycles. The Morgan fingerprint density at radius 2 is 2.00 bits per heavy atom. The van der Waals surface area contributed by atoms with Gasteiger partial charge in [0.1, 0.15) is 5.82 Å². The second-order valence-electron chi connectivity index (χ2n) is 5.38. The summed E-state index contributed by atoms with van der Waals surface area (Å²) in [5.74, 6) is 1.03. The fraction of sp³-hybridized carbons (Fsp3) is 0.333. The molecule has 3 heteroatoms. The first-order valence-electron chi connectivity index (χ1n) is 7.74. The van der Waals surface area contributed by atoms with E-state index in [4.69, 9.17) is 4.98 Å². The highest BCUT2D eigenvalue weighted by molar-refractivity contribution is 6.04. The molecule has 0 aliphatic carbocycles. The van der Waals surface area contributed by atoms with Crippen molar-refractivity contribution in [3.05, 3.63) is 42.1 Å². The maximum atomic E-state index is 4.91. The lowest BCUT2D eigenvalue weighted by Crippen LogP contribution is -2.06. The number of nitrogens with one attached hydrogen (secondary N) is 1. The third-order valence-electron chi connectivity index (χ3n) is 3.71. The van der Waals surface area contributed by atoms with Crippen molar-refractivity contribution in [2.24, 2.45) is 0 Å². The van der Waals surface area contributed by atoms with Gasteiger partial charge in [-0.05, 0) is 42.7 Å². The maximum Gasteiger partial charge on any atom is 0.129 e. The molecule has 0 amide bonds. The molecule has 0 bridgehead atoms. The molecule has 0 fully saturated rings. The van der Waals surface area contributed by atoms with Crippen LogP contribution in [0.15, 0.2) is 36.5 Å². The molecule has 1 N–H and O–H groups in total. The summed E-state index contributed by atoms with van der Waals surface area (Å²) in [6.45, 7) is 5.34. The van der Waals surface area contributed by atoms with Crippen molar-refractivity contribution in [3.8, 4) is 0 Å². The molecule has 0 atom stereocenters. The zero-order valence-electron chi connectivity index (χ0n) is 12.7. The maximum absolute atomic E-state index is 4.91. The number of fused-ring (bicyclic) bond motifs is 3. The van der Waals surface area contributed by atoms with Crippen LogP contribution in [0.2, 0.25) is 0 Å². The fourth-order valence-electron chi connectivity index (χ4n) is 2.69. The molecule has 0 aliphatic heterocycles. The Morgan fingerprint density at radius 1 is 1.10 bits per heavy atom. The summed E-state index contributed by atoms with van der Waals surface area (Å²) in [5, 5.41) is 5.79. The monoisotopic (exact) mass is 279 g/mol. The summed E-state index contributed by atoms with van der Waals surface area (Å²) in [7, 11) is 0. The van der Waals surface area contributed by atoms with Gasteiger partial charge in [-0.25, -0.2) is 4.98 Å². The van der Waals surface area contributed by atoms with E-state index >= 15 is 0 Å². The average Bonchev–Trinajstić information content (AvgIpc) is 2.53. The van der Waals surface area contributed by atoms with Crippen LogP contribution >= 0.6 is 0 Å². The molecule has 0 saturated heterocycles. The predicted octanol–water partition coefficient (Wildman–Crippen LogP) is 4.56. The number of benzene rings is 1. The van der Waals surface area contributed by atoms with E-state index < -0.39 is 0 Å². The minimum Gasteiger partial charge on any atom is -0.370 e. The third-order valence-corrected chi connectivity index (χ3v) is 3.71. The van der Waals surface area contributed by atoms with Crippen molar-refractivity contribution in [1.82, 2.24) is 9.97 Å². The highest BCUT2D eigenvalue weighted by Crippen LogP contribution is 2.27. The number of pyridine rings is 2. The number of aromatic nitrogens is 2. The van der Waals surface area contributed by atoms with E-state index in [1.807, 2.05) is 12.3 Å². The Labute approximate surface area is 125 Å². The van der Waals surface area contributed by atoms with Crippen molar-refractivity contribution in [2.75, 3.05) is 11.9 Å². The fourth-order valence-corrected chi connectivity index (χ4v) is 2.69. The lowest BCUT2D eigenvalue weighted by molar-refractivity contribution is 0.906. The quantitative estimate of drug-likeness (QED) is 0.696. The highest BCUT2D eigenvalue weighted by atomic mass is 15.0.